The lowest BCUT2D eigenvalue weighted by atomic mass is 10.3. The Balaban J connectivity index is 2.03. The summed E-state index contributed by atoms with van der Waals surface area (Å²) in [5.41, 5.74) is 1.01. The van der Waals surface area contributed by atoms with Crippen LogP contribution < -0.4 is 0 Å². The van der Waals surface area contributed by atoms with Crippen LogP contribution in [0.25, 0.3) is 5.65 Å². The summed E-state index contributed by atoms with van der Waals surface area (Å²) in [6, 6.07) is 5.45. The van der Waals surface area contributed by atoms with E-state index in [2.05, 4.69) is 4.98 Å². The molecule has 94 valence electrons. The maximum atomic E-state index is 12.4. The lowest BCUT2D eigenvalue weighted by Gasteiger charge is -2.15. The smallest absolute Gasteiger partial charge is 0.274 e. The zero-order valence-corrected chi connectivity index (χ0v) is 10.3. The zero-order chi connectivity index (χ0) is 12.7. The fourth-order valence-corrected chi connectivity index (χ4v) is 2.49. The molecule has 0 aromatic carbocycles. The number of imidazole rings is 1. The van der Waals surface area contributed by atoms with Gasteiger partial charge in [-0.15, -0.1) is 0 Å². The average Bonchev–Trinajstić information content (AvgIpc) is 2.91. The SMILES string of the molecule is O=C(c1c(Cl)nc2ccccn12)N1CC[C@@H](O)C1. The Morgan fingerprint density at radius 3 is 3.06 bits per heavy atom. The fourth-order valence-electron chi connectivity index (χ4n) is 2.23. The summed E-state index contributed by atoms with van der Waals surface area (Å²) >= 11 is 6.04. The summed E-state index contributed by atoms with van der Waals surface area (Å²) in [5, 5.41) is 9.68. The predicted molar refractivity (Wildman–Crippen MR) is 66.7 cm³/mol. The normalized spacial score (nSPS) is 19.7. The van der Waals surface area contributed by atoms with Gasteiger partial charge in [-0.2, -0.15) is 0 Å². The van der Waals surface area contributed by atoms with E-state index in [0.29, 0.717) is 30.9 Å². The average molecular weight is 266 g/mol. The number of pyridine rings is 1. The van der Waals surface area contributed by atoms with E-state index in [9.17, 15) is 9.90 Å². The maximum absolute atomic E-state index is 12.4. The van der Waals surface area contributed by atoms with Gasteiger partial charge in [-0.05, 0) is 18.6 Å². The molecule has 1 N–H and O–H groups in total. The van der Waals surface area contributed by atoms with Gasteiger partial charge in [0.25, 0.3) is 5.91 Å². The number of hydrogen-bond donors (Lipinski definition) is 1. The lowest BCUT2D eigenvalue weighted by Crippen LogP contribution is -2.30. The standard InChI is InChI=1S/C12H12ClN3O2/c13-11-10(12(18)15-6-4-8(17)7-15)16-5-2-1-3-9(16)14-11/h1-3,5,8,17H,4,6-7H2/t8-/m1/s1. The summed E-state index contributed by atoms with van der Waals surface area (Å²) in [6.45, 7) is 0.908. The number of carbonyl (C=O) groups excluding carboxylic acids is 1. The minimum Gasteiger partial charge on any atom is -0.391 e. The van der Waals surface area contributed by atoms with Crippen molar-refractivity contribution in [3.05, 3.63) is 35.2 Å². The quantitative estimate of drug-likeness (QED) is 0.843. The first-order valence-corrected chi connectivity index (χ1v) is 6.14. The molecule has 5 nitrogen and oxygen atoms in total. The third-order valence-electron chi connectivity index (χ3n) is 3.14. The van der Waals surface area contributed by atoms with Crippen molar-refractivity contribution in [2.24, 2.45) is 0 Å². The van der Waals surface area contributed by atoms with Crippen molar-refractivity contribution >= 4 is 23.2 Å². The summed E-state index contributed by atoms with van der Waals surface area (Å²) < 4.78 is 1.68. The van der Waals surface area contributed by atoms with E-state index in [0.717, 1.165) is 0 Å². The second-order valence-corrected chi connectivity index (χ2v) is 4.73. The number of aliphatic hydroxyl groups excluding tert-OH is 1. The van der Waals surface area contributed by atoms with E-state index in [1.165, 1.54) is 0 Å². The second kappa shape index (κ2) is 4.26. The number of carbonyl (C=O) groups is 1. The van der Waals surface area contributed by atoms with Gasteiger partial charge in [0.15, 0.2) is 10.8 Å². The number of aliphatic hydroxyl groups is 1. The minimum absolute atomic E-state index is 0.185. The minimum atomic E-state index is -0.438. The van der Waals surface area contributed by atoms with E-state index >= 15 is 0 Å². The Labute approximate surface area is 109 Å². The van der Waals surface area contributed by atoms with Crippen molar-refractivity contribution in [3.63, 3.8) is 0 Å². The Kier molecular flexibility index (Phi) is 2.72. The second-order valence-electron chi connectivity index (χ2n) is 4.37. The van der Waals surface area contributed by atoms with Crippen LogP contribution in [0.5, 0.6) is 0 Å². The van der Waals surface area contributed by atoms with Crippen molar-refractivity contribution < 1.29 is 9.90 Å². The third kappa shape index (κ3) is 1.76. The number of likely N-dealkylation sites (tertiary alicyclic amines) is 1. The van der Waals surface area contributed by atoms with E-state index in [-0.39, 0.29) is 11.1 Å². The van der Waals surface area contributed by atoms with Gasteiger partial charge in [0.05, 0.1) is 6.10 Å². The van der Waals surface area contributed by atoms with E-state index in [1.807, 2.05) is 12.1 Å². The molecule has 1 atom stereocenters. The van der Waals surface area contributed by atoms with Crippen LogP contribution in [-0.2, 0) is 0 Å². The van der Waals surface area contributed by atoms with E-state index < -0.39 is 6.10 Å². The Hall–Kier alpha value is -1.59. The van der Waals surface area contributed by atoms with Gasteiger partial charge < -0.3 is 10.0 Å². The van der Waals surface area contributed by atoms with Crippen LogP contribution >= 0.6 is 11.6 Å². The van der Waals surface area contributed by atoms with Gasteiger partial charge in [-0.25, -0.2) is 4.98 Å². The largest absolute Gasteiger partial charge is 0.391 e. The molecule has 0 spiro atoms. The molecule has 0 unspecified atom stereocenters. The first-order valence-electron chi connectivity index (χ1n) is 5.77. The van der Waals surface area contributed by atoms with Gasteiger partial charge in [-0.3, -0.25) is 9.20 Å². The number of hydrogen-bond acceptors (Lipinski definition) is 3. The number of aromatic nitrogens is 2. The monoisotopic (exact) mass is 265 g/mol. The molecule has 0 bridgehead atoms. The molecule has 18 heavy (non-hydrogen) atoms. The molecule has 1 saturated heterocycles. The molecule has 0 radical (unpaired) electrons. The molecule has 0 saturated carbocycles. The Morgan fingerprint density at radius 2 is 2.33 bits per heavy atom. The molecular weight excluding hydrogens is 254 g/mol. The van der Waals surface area contributed by atoms with Crippen LogP contribution in [-0.4, -0.2) is 44.5 Å². The number of fused-ring (bicyclic) bond motifs is 1. The van der Waals surface area contributed by atoms with Crippen LogP contribution in [0.3, 0.4) is 0 Å². The first-order chi connectivity index (χ1) is 8.66. The molecule has 3 heterocycles. The summed E-state index contributed by atoms with van der Waals surface area (Å²) in [5.74, 6) is -0.185. The van der Waals surface area contributed by atoms with E-state index in [4.69, 9.17) is 11.6 Å². The van der Waals surface area contributed by atoms with Crippen molar-refractivity contribution in [2.45, 2.75) is 12.5 Å². The summed E-state index contributed by atoms with van der Waals surface area (Å²) in [4.78, 5) is 18.1. The molecule has 0 aliphatic carbocycles. The van der Waals surface area contributed by atoms with Crippen LogP contribution in [0.1, 0.15) is 16.9 Å². The van der Waals surface area contributed by atoms with Crippen molar-refractivity contribution in [1.82, 2.24) is 14.3 Å². The number of amides is 1. The van der Waals surface area contributed by atoms with Crippen LogP contribution in [0.4, 0.5) is 0 Å². The topological polar surface area (TPSA) is 57.8 Å². The van der Waals surface area contributed by atoms with Crippen molar-refractivity contribution in [2.75, 3.05) is 13.1 Å². The molecule has 1 aliphatic rings. The lowest BCUT2D eigenvalue weighted by molar-refractivity contribution is 0.0758. The molecule has 2 aromatic heterocycles. The van der Waals surface area contributed by atoms with Crippen LogP contribution in [0.2, 0.25) is 5.15 Å². The van der Waals surface area contributed by atoms with Crippen molar-refractivity contribution in [1.29, 1.82) is 0 Å². The van der Waals surface area contributed by atoms with Gasteiger partial charge in [0.2, 0.25) is 0 Å². The number of β-amino-alcohol motifs (C(OH)–C–C–N with tert-alkyl or cyclic N) is 1. The van der Waals surface area contributed by atoms with Gasteiger partial charge in [-0.1, -0.05) is 17.7 Å². The molecule has 2 aromatic rings. The molecule has 1 fully saturated rings. The highest BCUT2D eigenvalue weighted by Crippen LogP contribution is 2.21. The third-order valence-corrected chi connectivity index (χ3v) is 3.40. The van der Waals surface area contributed by atoms with Gasteiger partial charge in [0.1, 0.15) is 5.65 Å². The highest BCUT2D eigenvalue weighted by atomic mass is 35.5. The highest BCUT2D eigenvalue weighted by Gasteiger charge is 2.29. The first kappa shape index (κ1) is 11.5. The predicted octanol–water partition coefficient (Wildman–Crippen LogP) is 1.19. The van der Waals surface area contributed by atoms with Gasteiger partial charge in [0, 0.05) is 19.3 Å². The highest BCUT2D eigenvalue weighted by molar-refractivity contribution is 6.32. The molecule has 6 heteroatoms. The van der Waals surface area contributed by atoms with Crippen molar-refractivity contribution in [3.8, 4) is 0 Å². The molecule has 1 aliphatic heterocycles. The molecule has 3 rings (SSSR count). The van der Waals surface area contributed by atoms with Crippen LogP contribution in [0.15, 0.2) is 24.4 Å². The Morgan fingerprint density at radius 1 is 1.50 bits per heavy atom. The number of halogens is 1. The number of nitrogens with zero attached hydrogens (tertiary/aromatic N) is 3. The van der Waals surface area contributed by atoms with Gasteiger partial charge >= 0.3 is 0 Å². The number of rotatable bonds is 1. The molecule has 1 amide bonds. The molecular formula is C12H12ClN3O2. The summed E-state index contributed by atoms with van der Waals surface area (Å²) in [6.07, 6.45) is 1.93. The van der Waals surface area contributed by atoms with E-state index in [1.54, 1.807) is 21.6 Å². The Bertz CT molecular complexity index is 610. The fraction of sp³-hybridized carbons (Fsp3) is 0.333. The summed E-state index contributed by atoms with van der Waals surface area (Å²) in [7, 11) is 0. The van der Waals surface area contributed by atoms with Crippen LogP contribution in [0, 0.1) is 0 Å². The zero-order valence-electron chi connectivity index (χ0n) is 9.58. The maximum Gasteiger partial charge on any atom is 0.274 e.